The Morgan fingerprint density at radius 3 is 2.47 bits per heavy atom. The van der Waals surface area contributed by atoms with Crippen LogP contribution in [0.5, 0.6) is 0 Å². The van der Waals surface area contributed by atoms with Crippen LogP contribution in [-0.2, 0) is 0 Å². The second-order valence-electron chi connectivity index (χ2n) is 4.30. The highest BCUT2D eigenvalue weighted by Gasteiger charge is 2.14. The predicted molar refractivity (Wildman–Crippen MR) is 79.6 cm³/mol. The zero-order valence-electron chi connectivity index (χ0n) is 11.5. The fourth-order valence-electron chi connectivity index (χ4n) is 1.90. The summed E-state index contributed by atoms with van der Waals surface area (Å²) in [6.07, 6.45) is 0. The van der Waals surface area contributed by atoms with E-state index in [0.717, 1.165) is 10.7 Å². The Morgan fingerprint density at radius 2 is 1.89 bits per heavy atom. The number of nitrogens with one attached hydrogen (secondary N) is 2. The van der Waals surface area contributed by atoms with Crippen LogP contribution in [0.4, 0.5) is 17.6 Å². The quantitative estimate of drug-likeness (QED) is 0.795. The van der Waals surface area contributed by atoms with Gasteiger partial charge in [-0.1, -0.05) is 0 Å². The lowest BCUT2D eigenvalue weighted by Gasteiger charge is -2.14. The molecule has 0 aromatic carbocycles. The number of hydrogen-bond donors (Lipinski definition) is 3. The Balaban J connectivity index is 2.21. The molecular weight excluding hydrogens is 260 g/mol. The van der Waals surface area contributed by atoms with E-state index in [1.54, 1.807) is 18.4 Å². The Kier molecular flexibility index (Phi) is 3.84. The van der Waals surface area contributed by atoms with Crippen molar-refractivity contribution < 1.29 is 0 Å². The standard InChI is InChI=1S/C12H18N6S/c1-6-11(19-8(3)15-6)7(2)16-10-5-9(14-4)17-12(13)18-10/h5,7H,1-4H3,(H4,13,14,16,17,18). The van der Waals surface area contributed by atoms with Crippen LogP contribution >= 0.6 is 11.3 Å². The van der Waals surface area contributed by atoms with E-state index in [-0.39, 0.29) is 12.0 Å². The minimum atomic E-state index is 0.130. The number of aryl methyl sites for hydroxylation is 2. The monoisotopic (exact) mass is 278 g/mol. The molecule has 2 aromatic rings. The average molecular weight is 278 g/mol. The molecular formula is C12H18N6S. The molecule has 0 spiro atoms. The van der Waals surface area contributed by atoms with E-state index in [4.69, 9.17) is 5.73 Å². The molecule has 7 heteroatoms. The molecule has 1 atom stereocenters. The highest BCUT2D eigenvalue weighted by Crippen LogP contribution is 2.27. The van der Waals surface area contributed by atoms with Crippen molar-refractivity contribution in [2.75, 3.05) is 23.4 Å². The third kappa shape index (κ3) is 3.11. The molecule has 2 heterocycles. The van der Waals surface area contributed by atoms with Gasteiger partial charge < -0.3 is 16.4 Å². The minimum Gasteiger partial charge on any atom is -0.373 e. The minimum absolute atomic E-state index is 0.130. The van der Waals surface area contributed by atoms with Gasteiger partial charge in [0, 0.05) is 18.0 Å². The first-order valence-corrected chi connectivity index (χ1v) is 6.84. The van der Waals surface area contributed by atoms with E-state index in [9.17, 15) is 0 Å². The third-order valence-electron chi connectivity index (χ3n) is 2.70. The largest absolute Gasteiger partial charge is 0.373 e. The average Bonchev–Trinajstić information content (AvgIpc) is 2.67. The smallest absolute Gasteiger partial charge is 0.223 e. The fourth-order valence-corrected chi connectivity index (χ4v) is 2.83. The van der Waals surface area contributed by atoms with Gasteiger partial charge in [-0.2, -0.15) is 9.97 Å². The molecule has 0 saturated carbocycles. The molecule has 1 unspecified atom stereocenters. The topological polar surface area (TPSA) is 88.8 Å². The van der Waals surface area contributed by atoms with Gasteiger partial charge in [0.2, 0.25) is 5.95 Å². The number of thiazole rings is 1. The van der Waals surface area contributed by atoms with E-state index < -0.39 is 0 Å². The predicted octanol–water partition coefficient (Wildman–Crippen LogP) is 2.35. The van der Waals surface area contributed by atoms with Gasteiger partial charge in [0.1, 0.15) is 11.6 Å². The molecule has 0 aliphatic rings. The van der Waals surface area contributed by atoms with Crippen LogP contribution in [0.3, 0.4) is 0 Å². The molecule has 102 valence electrons. The van der Waals surface area contributed by atoms with Crippen LogP contribution in [0, 0.1) is 13.8 Å². The van der Waals surface area contributed by atoms with E-state index >= 15 is 0 Å². The molecule has 0 radical (unpaired) electrons. The molecule has 0 amide bonds. The lowest BCUT2D eigenvalue weighted by Crippen LogP contribution is -2.10. The molecule has 0 bridgehead atoms. The lowest BCUT2D eigenvalue weighted by molar-refractivity contribution is 0.878. The van der Waals surface area contributed by atoms with E-state index in [2.05, 4.69) is 32.5 Å². The number of nitrogens with two attached hydrogens (primary N) is 1. The summed E-state index contributed by atoms with van der Waals surface area (Å²) in [6, 6.07) is 1.96. The Morgan fingerprint density at radius 1 is 1.21 bits per heavy atom. The van der Waals surface area contributed by atoms with Crippen molar-refractivity contribution >= 4 is 28.9 Å². The normalized spacial score (nSPS) is 12.2. The summed E-state index contributed by atoms with van der Waals surface area (Å²) in [4.78, 5) is 13.9. The first-order chi connectivity index (χ1) is 8.99. The zero-order chi connectivity index (χ0) is 14.0. The number of nitrogen functional groups attached to an aromatic ring is 1. The Hall–Kier alpha value is -1.89. The van der Waals surface area contributed by atoms with Gasteiger partial charge in [-0.05, 0) is 20.8 Å². The van der Waals surface area contributed by atoms with Gasteiger partial charge in [-0.3, -0.25) is 0 Å². The molecule has 0 aliphatic carbocycles. The lowest BCUT2D eigenvalue weighted by atomic mass is 10.2. The van der Waals surface area contributed by atoms with Crippen molar-refractivity contribution in [3.8, 4) is 0 Å². The van der Waals surface area contributed by atoms with Crippen molar-refractivity contribution in [2.24, 2.45) is 0 Å². The number of rotatable bonds is 4. The van der Waals surface area contributed by atoms with Crippen LogP contribution in [0.25, 0.3) is 0 Å². The van der Waals surface area contributed by atoms with Crippen LogP contribution < -0.4 is 16.4 Å². The second-order valence-corrected chi connectivity index (χ2v) is 5.53. The van der Waals surface area contributed by atoms with Crippen molar-refractivity contribution in [1.82, 2.24) is 15.0 Å². The summed E-state index contributed by atoms with van der Waals surface area (Å²) in [5.41, 5.74) is 6.73. The molecule has 2 rings (SSSR count). The van der Waals surface area contributed by atoms with Crippen molar-refractivity contribution in [3.05, 3.63) is 21.6 Å². The van der Waals surface area contributed by atoms with Crippen molar-refractivity contribution in [3.63, 3.8) is 0 Å². The number of nitrogens with zero attached hydrogens (tertiary/aromatic N) is 3. The van der Waals surface area contributed by atoms with Gasteiger partial charge in [0.25, 0.3) is 0 Å². The number of hydrogen-bond acceptors (Lipinski definition) is 7. The van der Waals surface area contributed by atoms with E-state index in [0.29, 0.717) is 11.6 Å². The highest BCUT2D eigenvalue weighted by atomic mass is 32.1. The van der Waals surface area contributed by atoms with Gasteiger partial charge in [-0.15, -0.1) is 11.3 Å². The molecule has 0 fully saturated rings. The van der Waals surface area contributed by atoms with Crippen molar-refractivity contribution in [1.29, 1.82) is 0 Å². The van der Waals surface area contributed by atoms with Crippen LogP contribution in [-0.4, -0.2) is 22.0 Å². The summed E-state index contributed by atoms with van der Waals surface area (Å²) in [5.74, 6) is 1.65. The third-order valence-corrected chi connectivity index (χ3v) is 3.95. The maximum atomic E-state index is 5.67. The Bertz CT molecular complexity index is 580. The SMILES string of the molecule is CNc1cc(NC(C)c2sc(C)nc2C)nc(N)n1. The first kappa shape index (κ1) is 13.5. The summed E-state index contributed by atoms with van der Waals surface area (Å²) in [6.45, 7) is 6.11. The number of aromatic nitrogens is 3. The molecule has 6 nitrogen and oxygen atoms in total. The first-order valence-electron chi connectivity index (χ1n) is 6.02. The maximum Gasteiger partial charge on any atom is 0.223 e. The van der Waals surface area contributed by atoms with Gasteiger partial charge >= 0.3 is 0 Å². The summed E-state index contributed by atoms with van der Waals surface area (Å²) < 4.78 is 0. The van der Waals surface area contributed by atoms with Gasteiger partial charge in [-0.25, -0.2) is 4.98 Å². The summed E-state index contributed by atoms with van der Waals surface area (Å²) in [5, 5.41) is 7.35. The van der Waals surface area contributed by atoms with E-state index in [1.807, 2.05) is 19.9 Å². The van der Waals surface area contributed by atoms with Crippen LogP contribution in [0.1, 0.15) is 28.5 Å². The molecule has 19 heavy (non-hydrogen) atoms. The molecule has 0 saturated heterocycles. The maximum absolute atomic E-state index is 5.67. The number of anilines is 3. The summed E-state index contributed by atoms with van der Waals surface area (Å²) in [7, 11) is 1.80. The second kappa shape index (κ2) is 5.40. The molecule has 4 N–H and O–H groups in total. The van der Waals surface area contributed by atoms with Gasteiger partial charge in [0.05, 0.1) is 16.7 Å². The fraction of sp³-hybridized carbons (Fsp3) is 0.417. The summed E-state index contributed by atoms with van der Waals surface area (Å²) >= 11 is 1.69. The zero-order valence-corrected chi connectivity index (χ0v) is 12.3. The van der Waals surface area contributed by atoms with Crippen LogP contribution in [0.15, 0.2) is 6.07 Å². The van der Waals surface area contributed by atoms with Crippen LogP contribution in [0.2, 0.25) is 0 Å². The van der Waals surface area contributed by atoms with Gasteiger partial charge in [0.15, 0.2) is 0 Å². The van der Waals surface area contributed by atoms with Crippen molar-refractivity contribution in [2.45, 2.75) is 26.8 Å². The Labute approximate surface area is 116 Å². The molecule has 0 aliphatic heterocycles. The van der Waals surface area contributed by atoms with E-state index in [1.165, 1.54) is 4.88 Å². The highest BCUT2D eigenvalue weighted by molar-refractivity contribution is 7.11. The molecule has 2 aromatic heterocycles.